The first-order chi connectivity index (χ1) is 19.0. The molecule has 0 aliphatic heterocycles. The third-order valence-electron chi connectivity index (χ3n) is 7.20. The number of allylic oxidation sites excluding steroid dienone is 1. The van der Waals surface area contributed by atoms with E-state index in [2.05, 4.69) is 121 Å². The van der Waals surface area contributed by atoms with E-state index in [9.17, 15) is 0 Å². The van der Waals surface area contributed by atoms with Gasteiger partial charge in [-0.15, -0.1) is 39.7 Å². The average molecular weight is 677 g/mol. The molecule has 5 aromatic rings. The molecule has 0 radical (unpaired) electrons. The summed E-state index contributed by atoms with van der Waals surface area (Å²) < 4.78 is 1.59. The van der Waals surface area contributed by atoms with Crippen LogP contribution in [0.5, 0.6) is 0 Å². The van der Waals surface area contributed by atoms with Crippen molar-refractivity contribution in [3.63, 3.8) is 0 Å². The Kier molecular flexibility index (Phi) is 16.2. The molecule has 0 aromatic heterocycles. The maximum Gasteiger partial charge on any atom is -0.0202 e. The predicted octanol–water partition coefficient (Wildman–Crippen LogP) is 5.22. The zero-order chi connectivity index (χ0) is 29.2. The number of benzene rings is 3. The summed E-state index contributed by atoms with van der Waals surface area (Å²) in [6.07, 6.45) is 6.97. The largest absolute Gasteiger partial charge is 1.00 e. The fraction of sp³-hybridized carbons (Fsp3) is 0.308. The Labute approximate surface area is 282 Å². The van der Waals surface area contributed by atoms with Crippen molar-refractivity contribution in [3.05, 3.63) is 132 Å². The van der Waals surface area contributed by atoms with Crippen molar-refractivity contribution in [1.82, 2.24) is 0 Å². The van der Waals surface area contributed by atoms with Crippen LogP contribution < -0.4 is 24.8 Å². The van der Waals surface area contributed by atoms with E-state index in [0.717, 1.165) is 6.42 Å². The first-order valence-electron chi connectivity index (χ1n) is 14.6. The van der Waals surface area contributed by atoms with E-state index in [0.29, 0.717) is 0 Å². The zero-order valence-corrected chi connectivity index (χ0v) is 30.2. The van der Waals surface area contributed by atoms with Gasteiger partial charge in [0, 0.05) is 0 Å². The molecule has 0 saturated carbocycles. The van der Waals surface area contributed by atoms with Crippen molar-refractivity contribution in [2.75, 3.05) is 0 Å². The Balaban J connectivity index is 0.000000363. The van der Waals surface area contributed by atoms with Crippen LogP contribution in [0.15, 0.2) is 116 Å². The summed E-state index contributed by atoms with van der Waals surface area (Å²) in [6, 6.07) is 36.9. The normalized spacial score (nSPS) is 10.9. The first-order valence-corrected chi connectivity index (χ1v) is 15.8. The van der Waals surface area contributed by atoms with Crippen molar-refractivity contribution in [1.29, 1.82) is 0 Å². The number of unbranched alkanes of at least 4 members (excludes halogenated alkanes) is 2. The van der Waals surface area contributed by atoms with Crippen LogP contribution >= 0.6 is 0 Å². The minimum atomic E-state index is 0. The molecule has 0 heterocycles. The Bertz CT molecular complexity index is 1390. The quantitative estimate of drug-likeness (QED) is 0.132. The van der Waals surface area contributed by atoms with Crippen LogP contribution in [0.3, 0.4) is 0 Å². The van der Waals surface area contributed by atoms with Crippen LogP contribution in [0.25, 0.3) is 21.5 Å². The summed E-state index contributed by atoms with van der Waals surface area (Å²) >= 11 is 1.55. The summed E-state index contributed by atoms with van der Waals surface area (Å²) in [4.78, 5) is 0. The van der Waals surface area contributed by atoms with E-state index < -0.39 is 0 Å². The fourth-order valence-electron chi connectivity index (χ4n) is 4.65. The molecule has 0 fully saturated rings. The molecule has 0 aliphatic carbocycles. The monoisotopic (exact) mass is 674 g/mol. The van der Waals surface area contributed by atoms with Gasteiger partial charge < -0.3 is 24.8 Å². The topological polar surface area (TPSA) is 0 Å². The van der Waals surface area contributed by atoms with Gasteiger partial charge in [0.2, 0.25) is 0 Å². The average Bonchev–Trinajstić information content (AvgIpc) is 3.62. The van der Waals surface area contributed by atoms with E-state index in [4.69, 9.17) is 0 Å². The van der Waals surface area contributed by atoms with Gasteiger partial charge in [0.1, 0.15) is 0 Å². The Hall–Kier alpha value is -2.05. The maximum absolute atomic E-state index is 3.73. The molecular weight excluding hydrogens is 631 g/mol. The van der Waals surface area contributed by atoms with Crippen LogP contribution in [0, 0.1) is 0 Å². The minimum Gasteiger partial charge on any atom is -1.00 e. The van der Waals surface area contributed by atoms with Gasteiger partial charge in [0.15, 0.2) is 0 Å². The van der Waals surface area contributed by atoms with Gasteiger partial charge in [-0.1, -0.05) is 76.9 Å². The van der Waals surface area contributed by atoms with Gasteiger partial charge in [-0.3, -0.25) is 0 Å². The standard InChI is InChI=1S/C21H25.C13H16.C5H5.2ClH.Zr/c1-20(2,3)16-7-9-18-14(12-16)11-15-13-17(21(4,5)6)8-10-19(15)18;1-2-3-4-5-7-10-13-11-8-6-9-12-13;1-2-4-5-3-1;;;/h7-13H,1-6H3;2,6,8-9,11-12H,1,3-5,7H2;1-5H;2*1H;/q-1;;-1;;;+2/p-2. The molecule has 5 rings (SSSR count). The smallest absolute Gasteiger partial charge is 0.0202 e. The molecule has 0 N–H and O–H groups in total. The second kappa shape index (κ2) is 17.9. The molecule has 0 nitrogen and oxygen atoms in total. The van der Waals surface area contributed by atoms with Crippen molar-refractivity contribution >= 4 is 24.8 Å². The van der Waals surface area contributed by atoms with E-state index in [-0.39, 0.29) is 35.6 Å². The molecule has 0 bridgehead atoms. The van der Waals surface area contributed by atoms with Crippen molar-refractivity contribution in [3.8, 4) is 0 Å². The number of halogens is 2. The second-order valence-electron chi connectivity index (χ2n) is 12.6. The number of hydrogen-bond acceptors (Lipinski definition) is 0. The van der Waals surface area contributed by atoms with Gasteiger partial charge in [-0.2, -0.15) is 18.2 Å². The number of rotatable bonds is 6. The Morgan fingerprint density at radius 1 is 0.714 bits per heavy atom. The third-order valence-corrected chi connectivity index (χ3v) is 8.52. The molecule has 0 spiro atoms. The summed E-state index contributed by atoms with van der Waals surface area (Å²) in [5.41, 5.74) is 4.63. The summed E-state index contributed by atoms with van der Waals surface area (Å²) in [6.45, 7) is 17.4. The Morgan fingerprint density at radius 3 is 1.62 bits per heavy atom. The summed E-state index contributed by atoms with van der Waals surface area (Å²) in [7, 11) is 0. The fourth-order valence-corrected chi connectivity index (χ4v) is 5.49. The van der Waals surface area contributed by atoms with Gasteiger partial charge >= 0.3 is 102 Å². The summed E-state index contributed by atoms with van der Waals surface area (Å²) in [5.74, 6) is 0. The van der Waals surface area contributed by atoms with Crippen LogP contribution in [-0.2, 0) is 35.1 Å². The minimum absolute atomic E-state index is 0. The van der Waals surface area contributed by atoms with Crippen LogP contribution in [0.4, 0.5) is 0 Å². The van der Waals surface area contributed by atoms with Crippen LogP contribution in [0.2, 0.25) is 0 Å². The van der Waals surface area contributed by atoms with E-state index in [1.807, 2.05) is 36.4 Å². The molecule has 0 saturated heterocycles. The van der Waals surface area contributed by atoms with Crippen LogP contribution in [0.1, 0.15) is 83.9 Å². The predicted molar refractivity (Wildman–Crippen MR) is 176 cm³/mol. The van der Waals surface area contributed by atoms with Gasteiger partial charge in [-0.05, 0) is 10.8 Å². The SMILES string of the molecule is C=CCCCC[C](=[Zr+2])c1ccccc1.CC(C)(C)c1ccc2c(c1)[cH-]c1cc(C(C)(C)C)ccc12.[Cl-].[Cl-].c1cc[cH-]c1. The first kappa shape index (κ1) is 38.0. The molecule has 0 aliphatic rings. The molecule has 3 heteroatoms. The van der Waals surface area contributed by atoms with E-state index in [1.165, 1.54) is 57.5 Å². The van der Waals surface area contributed by atoms with Crippen molar-refractivity contribution in [2.24, 2.45) is 0 Å². The maximum atomic E-state index is 3.73. The van der Waals surface area contributed by atoms with Crippen LogP contribution in [-0.4, -0.2) is 3.21 Å². The molecule has 0 amide bonds. The van der Waals surface area contributed by atoms with Gasteiger partial charge in [0.05, 0.1) is 0 Å². The Morgan fingerprint density at radius 2 is 1.21 bits per heavy atom. The van der Waals surface area contributed by atoms with E-state index >= 15 is 0 Å². The molecule has 0 unspecified atom stereocenters. The van der Waals surface area contributed by atoms with E-state index in [1.54, 1.807) is 27.4 Å². The third kappa shape index (κ3) is 11.6. The van der Waals surface area contributed by atoms with Crippen molar-refractivity contribution < 1.29 is 49.0 Å². The second-order valence-corrected chi connectivity index (χ2v) is 14.1. The molecule has 222 valence electrons. The molecular formula is C39H46Cl2Zr-2. The number of hydrogen-bond donors (Lipinski definition) is 0. The number of fused-ring (bicyclic) bond motifs is 3. The molecule has 5 aromatic carbocycles. The molecule has 42 heavy (non-hydrogen) atoms. The van der Waals surface area contributed by atoms with Gasteiger partial charge in [0.25, 0.3) is 0 Å². The van der Waals surface area contributed by atoms with Gasteiger partial charge in [-0.25, -0.2) is 12.1 Å². The zero-order valence-electron chi connectivity index (χ0n) is 26.2. The summed E-state index contributed by atoms with van der Waals surface area (Å²) in [5, 5.41) is 5.48. The molecule has 0 atom stereocenters. The van der Waals surface area contributed by atoms with Crippen molar-refractivity contribution in [2.45, 2.75) is 78.1 Å².